The van der Waals surface area contributed by atoms with E-state index in [0.717, 1.165) is 24.4 Å². The molecule has 0 spiro atoms. The van der Waals surface area contributed by atoms with Crippen molar-refractivity contribution in [2.24, 2.45) is 0 Å². The molecule has 7 nitrogen and oxygen atoms in total. The first kappa shape index (κ1) is 19.0. The van der Waals surface area contributed by atoms with Crippen molar-refractivity contribution in [1.29, 1.82) is 0 Å². The van der Waals surface area contributed by atoms with Crippen LogP contribution in [0.3, 0.4) is 0 Å². The van der Waals surface area contributed by atoms with Crippen LogP contribution < -0.4 is 5.69 Å². The molecule has 0 radical (unpaired) electrons. The zero-order valence-corrected chi connectivity index (χ0v) is 15.7. The number of nitrogens with zero attached hydrogens (tertiary/aromatic N) is 5. The van der Waals surface area contributed by atoms with Crippen molar-refractivity contribution in [3.05, 3.63) is 45.9 Å². The molecule has 28 heavy (non-hydrogen) atoms. The Morgan fingerprint density at radius 1 is 1.32 bits per heavy atom. The third-order valence-electron chi connectivity index (χ3n) is 4.93. The van der Waals surface area contributed by atoms with Gasteiger partial charge in [0.1, 0.15) is 17.6 Å². The molecule has 0 unspecified atom stereocenters. The molecule has 2 aliphatic rings. The predicted molar refractivity (Wildman–Crippen MR) is 95.8 cm³/mol. The molecule has 1 fully saturated rings. The second-order valence-corrected chi connectivity index (χ2v) is 7.90. The number of pyridine rings is 1. The van der Waals surface area contributed by atoms with Crippen LogP contribution in [0, 0.1) is 0 Å². The van der Waals surface area contributed by atoms with Gasteiger partial charge in [0.15, 0.2) is 0 Å². The number of halogens is 3. The summed E-state index contributed by atoms with van der Waals surface area (Å²) >= 11 is 1.68. The van der Waals surface area contributed by atoms with Crippen molar-refractivity contribution in [1.82, 2.24) is 24.2 Å². The van der Waals surface area contributed by atoms with E-state index in [9.17, 15) is 22.8 Å². The summed E-state index contributed by atoms with van der Waals surface area (Å²) in [6, 6.07) is 1.60. The van der Waals surface area contributed by atoms with E-state index in [1.54, 1.807) is 16.7 Å². The lowest BCUT2D eigenvalue weighted by Crippen LogP contribution is -2.41. The average Bonchev–Trinajstić information content (AvgIpc) is 3.30. The molecule has 1 atom stereocenters. The maximum Gasteiger partial charge on any atom is 0.433 e. The number of fused-ring (bicyclic) bond motifs is 1. The Morgan fingerprint density at radius 2 is 2.14 bits per heavy atom. The van der Waals surface area contributed by atoms with E-state index in [4.69, 9.17) is 0 Å². The fourth-order valence-corrected chi connectivity index (χ4v) is 4.48. The van der Waals surface area contributed by atoms with Crippen LogP contribution in [0.25, 0.3) is 0 Å². The molecule has 2 aromatic rings. The zero-order valence-electron chi connectivity index (χ0n) is 14.9. The Hall–Kier alpha value is -2.30. The molecule has 150 valence electrons. The molecule has 1 saturated heterocycles. The fraction of sp³-hybridized carbons (Fsp3) is 0.529. The second-order valence-electron chi connectivity index (χ2n) is 6.82. The van der Waals surface area contributed by atoms with Crippen molar-refractivity contribution >= 4 is 17.7 Å². The van der Waals surface area contributed by atoms with Gasteiger partial charge in [0.2, 0.25) is 5.91 Å². The minimum Gasteiger partial charge on any atom is -0.331 e. The number of rotatable bonds is 3. The van der Waals surface area contributed by atoms with Gasteiger partial charge in [-0.3, -0.25) is 14.3 Å². The van der Waals surface area contributed by atoms with Gasteiger partial charge in [0.05, 0.1) is 12.4 Å². The van der Waals surface area contributed by atoms with Gasteiger partial charge in [-0.1, -0.05) is 6.07 Å². The van der Waals surface area contributed by atoms with Gasteiger partial charge < -0.3 is 4.90 Å². The number of thioether (sulfide) groups is 1. The van der Waals surface area contributed by atoms with E-state index in [2.05, 4.69) is 10.1 Å². The molecular formula is C17H18F3N5O2S. The lowest BCUT2D eigenvalue weighted by Gasteiger charge is -2.26. The van der Waals surface area contributed by atoms with Gasteiger partial charge in [-0.05, 0) is 24.5 Å². The molecule has 2 aromatic heterocycles. The maximum atomic E-state index is 12.9. The number of aromatic nitrogens is 4. The summed E-state index contributed by atoms with van der Waals surface area (Å²) in [7, 11) is 0. The molecule has 4 heterocycles. The third-order valence-corrected chi connectivity index (χ3v) is 5.89. The largest absolute Gasteiger partial charge is 0.433 e. The Balaban J connectivity index is 1.59. The Labute approximate surface area is 162 Å². The molecule has 0 N–H and O–H groups in total. The third kappa shape index (κ3) is 3.54. The van der Waals surface area contributed by atoms with Crippen LogP contribution in [0.5, 0.6) is 0 Å². The average molecular weight is 413 g/mol. The minimum absolute atomic E-state index is 0.00441. The van der Waals surface area contributed by atoms with Crippen LogP contribution in [0.2, 0.25) is 0 Å². The highest BCUT2D eigenvalue weighted by Crippen LogP contribution is 2.28. The highest BCUT2D eigenvalue weighted by molar-refractivity contribution is 7.99. The minimum atomic E-state index is -4.51. The number of alkyl halides is 3. The van der Waals surface area contributed by atoms with E-state index in [1.807, 2.05) is 0 Å². The van der Waals surface area contributed by atoms with Gasteiger partial charge >= 0.3 is 11.9 Å². The molecule has 1 amide bonds. The summed E-state index contributed by atoms with van der Waals surface area (Å²) in [4.78, 5) is 30.8. The van der Waals surface area contributed by atoms with Crippen LogP contribution in [0.4, 0.5) is 13.2 Å². The standard InChI is InChI=1S/C17H18F3N5O2S/c18-17(19,20)13-5-4-11(8-21-13)9-24-16(27)25-12(2-1-3-14(25)22-24)15(26)23-6-7-28-10-23/h4-5,8,12H,1-3,6-7,9-10H2/t12-/m0/s1. The summed E-state index contributed by atoms with van der Waals surface area (Å²) in [6.45, 7) is 0.680. The van der Waals surface area contributed by atoms with E-state index >= 15 is 0 Å². The lowest BCUT2D eigenvalue weighted by atomic mass is 10.0. The van der Waals surface area contributed by atoms with Gasteiger partial charge in [0, 0.05) is 24.9 Å². The van der Waals surface area contributed by atoms with Gasteiger partial charge in [-0.25, -0.2) is 9.48 Å². The van der Waals surface area contributed by atoms with E-state index < -0.39 is 23.6 Å². The molecule has 2 aliphatic heterocycles. The van der Waals surface area contributed by atoms with Crippen LogP contribution in [-0.2, 0) is 23.9 Å². The van der Waals surface area contributed by atoms with Crippen molar-refractivity contribution < 1.29 is 18.0 Å². The Morgan fingerprint density at radius 3 is 2.79 bits per heavy atom. The predicted octanol–water partition coefficient (Wildman–Crippen LogP) is 1.92. The van der Waals surface area contributed by atoms with Crippen molar-refractivity contribution in [3.63, 3.8) is 0 Å². The number of carbonyl (C=O) groups is 1. The summed E-state index contributed by atoms with van der Waals surface area (Å²) in [6.07, 6.45) is -1.48. The number of carbonyl (C=O) groups excluding carboxylic acids is 1. The van der Waals surface area contributed by atoms with Crippen molar-refractivity contribution in [2.45, 2.75) is 38.0 Å². The molecular weight excluding hydrogens is 395 g/mol. The number of hydrogen-bond donors (Lipinski definition) is 0. The second kappa shape index (κ2) is 7.26. The lowest BCUT2D eigenvalue weighted by molar-refractivity contribution is -0.141. The van der Waals surface area contributed by atoms with Crippen molar-refractivity contribution in [2.75, 3.05) is 18.2 Å². The van der Waals surface area contributed by atoms with Crippen LogP contribution >= 0.6 is 11.8 Å². The van der Waals surface area contributed by atoms with E-state index in [-0.39, 0.29) is 12.5 Å². The number of amides is 1. The first-order chi connectivity index (χ1) is 13.3. The summed E-state index contributed by atoms with van der Waals surface area (Å²) in [5.74, 6) is 2.00. The van der Waals surface area contributed by atoms with Crippen LogP contribution in [0.15, 0.2) is 23.1 Å². The molecule has 4 rings (SSSR count). The maximum absolute atomic E-state index is 12.9. The summed E-state index contributed by atoms with van der Waals surface area (Å²) in [5.41, 5.74) is -0.967. The summed E-state index contributed by atoms with van der Waals surface area (Å²) in [5, 5.41) is 4.32. The number of hydrogen-bond acceptors (Lipinski definition) is 5. The molecule has 0 aromatic carbocycles. The SMILES string of the molecule is O=C([C@@H]1CCCc2nn(Cc3ccc(C(F)(F)F)nc3)c(=O)n21)N1CCSC1. The quantitative estimate of drug-likeness (QED) is 0.769. The number of aryl methyl sites for hydroxylation is 1. The normalized spacial score (nSPS) is 19.7. The zero-order chi connectivity index (χ0) is 19.9. The van der Waals surface area contributed by atoms with Crippen molar-refractivity contribution in [3.8, 4) is 0 Å². The van der Waals surface area contributed by atoms with E-state index in [1.165, 1.54) is 15.3 Å². The molecule has 0 bridgehead atoms. The van der Waals surface area contributed by atoms with Gasteiger partial charge in [0.25, 0.3) is 0 Å². The fourth-order valence-electron chi connectivity index (χ4n) is 3.53. The van der Waals surface area contributed by atoms with Gasteiger partial charge in [-0.2, -0.15) is 18.3 Å². The highest BCUT2D eigenvalue weighted by Gasteiger charge is 2.34. The molecule has 0 saturated carbocycles. The Bertz CT molecular complexity index is 932. The van der Waals surface area contributed by atoms with E-state index in [0.29, 0.717) is 36.7 Å². The first-order valence-corrected chi connectivity index (χ1v) is 10.1. The highest BCUT2D eigenvalue weighted by atomic mass is 32.2. The topological polar surface area (TPSA) is 73.0 Å². The van der Waals surface area contributed by atoms with Crippen LogP contribution in [0.1, 0.15) is 36.0 Å². The van der Waals surface area contributed by atoms with Gasteiger partial charge in [-0.15, -0.1) is 11.8 Å². The molecule has 0 aliphatic carbocycles. The Kier molecular flexibility index (Phi) is 4.94. The monoisotopic (exact) mass is 413 g/mol. The first-order valence-electron chi connectivity index (χ1n) is 8.91. The molecule has 11 heteroatoms. The smallest absolute Gasteiger partial charge is 0.331 e. The van der Waals surface area contributed by atoms with Crippen LogP contribution in [-0.4, -0.2) is 48.3 Å². The summed E-state index contributed by atoms with van der Waals surface area (Å²) < 4.78 is 40.6.